The van der Waals surface area contributed by atoms with Gasteiger partial charge < -0.3 is 15.6 Å². The van der Waals surface area contributed by atoms with Gasteiger partial charge in [0.25, 0.3) is 0 Å². The molecule has 0 bridgehead atoms. The van der Waals surface area contributed by atoms with Gasteiger partial charge in [-0.1, -0.05) is 0 Å². The molecule has 0 saturated heterocycles. The first kappa shape index (κ1) is 11.3. The maximum absolute atomic E-state index is 11.5. The number of aromatic hydroxyl groups is 1. The van der Waals surface area contributed by atoms with Crippen molar-refractivity contribution >= 4 is 17.7 Å². The molecule has 2 rings (SSSR count). The van der Waals surface area contributed by atoms with Crippen molar-refractivity contribution in [2.75, 3.05) is 18.6 Å². The molecule has 2 amide bonds. The van der Waals surface area contributed by atoms with Gasteiger partial charge in [-0.05, 0) is 23.8 Å². The summed E-state index contributed by atoms with van der Waals surface area (Å²) in [6.07, 6.45) is -0.555. The number of fused-ring (bicyclic) bond motifs is 1. The zero-order valence-corrected chi connectivity index (χ0v) is 9.21. The number of phenolic OH excluding ortho intramolecular Hbond substituents is 1. The van der Waals surface area contributed by atoms with Gasteiger partial charge in [0, 0.05) is 6.54 Å². The molecule has 1 aliphatic heterocycles. The minimum atomic E-state index is -0.615. The van der Waals surface area contributed by atoms with Gasteiger partial charge in [0.1, 0.15) is 5.75 Å². The van der Waals surface area contributed by atoms with E-state index in [0.29, 0.717) is 11.3 Å². The number of phenols is 1. The van der Waals surface area contributed by atoms with Crippen LogP contribution >= 0.6 is 0 Å². The van der Waals surface area contributed by atoms with Crippen LogP contribution in [-0.2, 0) is 9.53 Å². The zero-order chi connectivity index (χ0) is 12.6. The molecule has 1 aliphatic rings. The second kappa shape index (κ2) is 3.97. The van der Waals surface area contributed by atoms with Gasteiger partial charge in [-0.25, -0.2) is 4.79 Å². The van der Waals surface area contributed by atoms with Crippen molar-refractivity contribution in [1.82, 2.24) is 0 Å². The molecule has 1 atom stereocenters. The first-order valence-corrected chi connectivity index (χ1v) is 5.02. The normalized spacial score (nSPS) is 17.7. The first-order chi connectivity index (χ1) is 8.04. The number of ether oxygens (including phenoxy) is 1. The van der Waals surface area contributed by atoms with Crippen molar-refractivity contribution in [3.8, 4) is 5.75 Å². The number of nitrogens with zero attached hydrogens (tertiary/aromatic N) is 1. The summed E-state index contributed by atoms with van der Waals surface area (Å²) in [6, 6.07) is 4.44. The molecule has 1 heterocycles. The molecule has 1 unspecified atom stereocenters. The molecular formula is C11H12N2O4. The Morgan fingerprint density at radius 2 is 2.24 bits per heavy atom. The molecular weight excluding hydrogens is 224 g/mol. The Kier molecular flexibility index (Phi) is 2.63. The van der Waals surface area contributed by atoms with Gasteiger partial charge in [0.15, 0.2) is 0 Å². The number of anilines is 1. The predicted octanol–water partition coefficient (Wildman–Crippen LogP) is 0.548. The lowest BCUT2D eigenvalue weighted by Gasteiger charge is -2.15. The van der Waals surface area contributed by atoms with Crippen LogP contribution in [0.4, 0.5) is 10.5 Å². The van der Waals surface area contributed by atoms with Crippen LogP contribution in [0.25, 0.3) is 0 Å². The van der Waals surface area contributed by atoms with E-state index in [0.717, 1.165) is 0 Å². The number of hydrogen-bond acceptors (Lipinski definition) is 4. The highest BCUT2D eigenvalue weighted by atomic mass is 16.5. The molecule has 90 valence electrons. The van der Waals surface area contributed by atoms with Crippen LogP contribution in [0.3, 0.4) is 0 Å². The van der Waals surface area contributed by atoms with E-state index in [1.165, 1.54) is 24.1 Å². The van der Waals surface area contributed by atoms with Gasteiger partial charge in [-0.3, -0.25) is 9.69 Å². The third-order valence-electron chi connectivity index (χ3n) is 2.78. The third-order valence-corrected chi connectivity index (χ3v) is 2.78. The van der Waals surface area contributed by atoms with Gasteiger partial charge in [-0.15, -0.1) is 0 Å². The Labute approximate surface area is 97.6 Å². The average Bonchev–Trinajstić information content (AvgIpc) is 2.66. The first-order valence-electron chi connectivity index (χ1n) is 5.02. The number of amides is 2. The number of methoxy groups -OCH3 is 1. The van der Waals surface area contributed by atoms with Gasteiger partial charge in [-0.2, -0.15) is 0 Å². The van der Waals surface area contributed by atoms with Crippen LogP contribution in [0.15, 0.2) is 18.2 Å². The van der Waals surface area contributed by atoms with Crippen molar-refractivity contribution < 1.29 is 19.4 Å². The van der Waals surface area contributed by atoms with Crippen LogP contribution in [0.5, 0.6) is 5.75 Å². The molecule has 0 aromatic heterocycles. The molecule has 6 nitrogen and oxygen atoms in total. The highest BCUT2D eigenvalue weighted by Crippen LogP contribution is 2.38. The quantitative estimate of drug-likeness (QED) is 0.744. The van der Waals surface area contributed by atoms with Crippen molar-refractivity contribution in [2.24, 2.45) is 5.73 Å². The van der Waals surface area contributed by atoms with E-state index < -0.39 is 17.9 Å². The topological polar surface area (TPSA) is 92.9 Å². The highest BCUT2D eigenvalue weighted by Gasteiger charge is 2.36. The summed E-state index contributed by atoms with van der Waals surface area (Å²) in [7, 11) is 1.26. The Balaban J connectivity index is 2.47. The van der Waals surface area contributed by atoms with Crippen molar-refractivity contribution in [3.63, 3.8) is 0 Å². The van der Waals surface area contributed by atoms with Crippen LogP contribution in [0.1, 0.15) is 11.5 Å². The largest absolute Gasteiger partial charge is 0.508 e. The Morgan fingerprint density at radius 3 is 2.82 bits per heavy atom. The summed E-state index contributed by atoms with van der Waals surface area (Å²) in [5, 5.41) is 9.39. The van der Waals surface area contributed by atoms with E-state index in [1.54, 1.807) is 6.07 Å². The van der Waals surface area contributed by atoms with E-state index in [9.17, 15) is 14.7 Å². The number of benzene rings is 1. The fourth-order valence-corrected chi connectivity index (χ4v) is 1.97. The second-order valence-corrected chi connectivity index (χ2v) is 3.78. The van der Waals surface area contributed by atoms with Crippen LogP contribution in [-0.4, -0.2) is 30.8 Å². The fourth-order valence-electron chi connectivity index (χ4n) is 1.97. The average molecular weight is 236 g/mol. The molecule has 0 saturated carbocycles. The summed E-state index contributed by atoms with van der Waals surface area (Å²) in [5.41, 5.74) is 6.35. The maximum atomic E-state index is 11.5. The Hall–Kier alpha value is -2.24. The number of primary amides is 1. The number of carbonyl (C=O) groups is 2. The Bertz CT molecular complexity index is 486. The molecule has 6 heteroatoms. The number of carbonyl (C=O) groups excluding carboxylic acids is 2. The van der Waals surface area contributed by atoms with Gasteiger partial charge >= 0.3 is 6.09 Å². The molecule has 0 spiro atoms. The summed E-state index contributed by atoms with van der Waals surface area (Å²) in [6.45, 7) is 0.140. The molecule has 0 aliphatic carbocycles. The van der Waals surface area contributed by atoms with Crippen LogP contribution in [0.2, 0.25) is 0 Å². The van der Waals surface area contributed by atoms with Gasteiger partial charge in [0.05, 0.1) is 18.7 Å². The van der Waals surface area contributed by atoms with E-state index in [2.05, 4.69) is 4.74 Å². The van der Waals surface area contributed by atoms with E-state index >= 15 is 0 Å². The third kappa shape index (κ3) is 1.77. The molecule has 0 radical (unpaired) electrons. The fraction of sp³-hybridized carbons (Fsp3) is 0.273. The predicted molar refractivity (Wildman–Crippen MR) is 59.8 cm³/mol. The van der Waals surface area contributed by atoms with Crippen molar-refractivity contribution in [1.29, 1.82) is 0 Å². The molecule has 0 fully saturated rings. The lowest BCUT2D eigenvalue weighted by Crippen LogP contribution is -2.32. The lowest BCUT2D eigenvalue weighted by atomic mass is 10.0. The SMILES string of the molecule is COC(=O)N1CC(C(N)=O)c2cc(O)ccc21. The summed E-state index contributed by atoms with van der Waals surface area (Å²) >= 11 is 0. The molecule has 3 N–H and O–H groups in total. The summed E-state index contributed by atoms with van der Waals surface area (Å²) in [4.78, 5) is 24.1. The molecule has 1 aromatic carbocycles. The number of nitrogens with two attached hydrogens (primary N) is 1. The van der Waals surface area contributed by atoms with E-state index in [4.69, 9.17) is 5.73 Å². The molecule has 1 aromatic rings. The smallest absolute Gasteiger partial charge is 0.414 e. The van der Waals surface area contributed by atoms with Crippen LogP contribution in [0, 0.1) is 0 Å². The van der Waals surface area contributed by atoms with Crippen molar-refractivity contribution in [2.45, 2.75) is 5.92 Å². The number of rotatable bonds is 1. The summed E-state index contributed by atoms with van der Waals surface area (Å²) < 4.78 is 4.62. The highest BCUT2D eigenvalue weighted by molar-refractivity contribution is 5.96. The Morgan fingerprint density at radius 1 is 1.53 bits per heavy atom. The van der Waals surface area contributed by atoms with E-state index in [-0.39, 0.29) is 12.3 Å². The van der Waals surface area contributed by atoms with Gasteiger partial charge in [0.2, 0.25) is 5.91 Å². The second-order valence-electron chi connectivity index (χ2n) is 3.78. The van der Waals surface area contributed by atoms with Crippen molar-refractivity contribution in [3.05, 3.63) is 23.8 Å². The lowest BCUT2D eigenvalue weighted by molar-refractivity contribution is -0.119. The molecule has 17 heavy (non-hydrogen) atoms. The minimum Gasteiger partial charge on any atom is -0.508 e. The standard InChI is InChI=1S/C11H12N2O4/c1-17-11(16)13-5-8(10(12)15)7-4-6(14)2-3-9(7)13/h2-4,8,14H,5H2,1H3,(H2,12,15). The van der Waals surface area contributed by atoms with Crippen LogP contribution < -0.4 is 10.6 Å². The minimum absolute atomic E-state index is 0.0294. The monoisotopic (exact) mass is 236 g/mol. The zero-order valence-electron chi connectivity index (χ0n) is 9.21. The number of hydrogen-bond donors (Lipinski definition) is 2. The maximum Gasteiger partial charge on any atom is 0.414 e. The van der Waals surface area contributed by atoms with E-state index in [1.807, 2.05) is 0 Å². The summed E-state index contributed by atoms with van der Waals surface area (Å²) in [5.74, 6) is -1.12.